The number of halogens is 1. The van der Waals surface area contributed by atoms with Crippen molar-refractivity contribution >= 4 is 41.0 Å². The molecule has 1 aliphatic rings. The Kier molecular flexibility index (Phi) is 8.60. The molecule has 1 atom stereocenters. The Morgan fingerprint density at radius 3 is 2.93 bits per heavy atom. The first-order chi connectivity index (χ1) is 12.7. The SMILES string of the molecule is CCCN(C(=O)CCSCc1nc2ccccc2c(=O)[nH]1)C1CCNC1.Cl. The van der Waals surface area contributed by atoms with Crippen molar-refractivity contribution in [2.24, 2.45) is 0 Å². The second kappa shape index (κ2) is 10.7. The molecule has 0 radical (unpaired) electrons. The number of fused-ring (bicyclic) bond motifs is 1. The van der Waals surface area contributed by atoms with E-state index >= 15 is 0 Å². The fourth-order valence-corrected chi connectivity index (χ4v) is 4.13. The van der Waals surface area contributed by atoms with Gasteiger partial charge in [0.2, 0.25) is 5.91 Å². The molecule has 2 N–H and O–H groups in total. The van der Waals surface area contributed by atoms with E-state index in [1.807, 2.05) is 23.1 Å². The van der Waals surface area contributed by atoms with Gasteiger partial charge < -0.3 is 15.2 Å². The first-order valence-corrected chi connectivity index (χ1v) is 10.4. The van der Waals surface area contributed by atoms with E-state index in [1.165, 1.54) is 0 Å². The normalized spacial score (nSPS) is 16.3. The van der Waals surface area contributed by atoms with Gasteiger partial charge in [0.05, 0.1) is 16.7 Å². The maximum absolute atomic E-state index is 12.6. The maximum Gasteiger partial charge on any atom is 0.258 e. The van der Waals surface area contributed by atoms with Crippen LogP contribution in [0.4, 0.5) is 0 Å². The average molecular weight is 411 g/mol. The Bertz CT molecular complexity index is 808. The van der Waals surface area contributed by atoms with E-state index in [0.29, 0.717) is 34.9 Å². The number of amides is 1. The summed E-state index contributed by atoms with van der Waals surface area (Å²) in [6, 6.07) is 7.68. The maximum atomic E-state index is 12.6. The van der Waals surface area contributed by atoms with Gasteiger partial charge in [-0.05, 0) is 31.5 Å². The fraction of sp³-hybridized carbons (Fsp3) is 0.526. The molecule has 1 amide bonds. The van der Waals surface area contributed by atoms with Crippen molar-refractivity contribution in [1.29, 1.82) is 0 Å². The molecule has 1 fully saturated rings. The molecule has 0 aliphatic carbocycles. The fourth-order valence-electron chi connectivity index (χ4n) is 3.33. The van der Waals surface area contributed by atoms with Crippen LogP contribution in [0.5, 0.6) is 0 Å². The Morgan fingerprint density at radius 1 is 1.37 bits per heavy atom. The number of para-hydroxylation sites is 1. The highest BCUT2D eigenvalue weighted by Crippen LogP contribution is 2.15. The van der Waals surface area contributed by atoms with Gasteiger partial charge >= 0.3 is 0 Å². The van der Waals surface area contributed by atoms with Crippen LogP contribution in [0.1, 0.15) is 32.0 Å². The third-order valence-electron chi connectivity index (χ3n) is 4.62. The number of hydrogen-bond acceptors (Lipinski definition) is 5. The molecule has 0 spiro atoms. The van der Waals surface area contributed by atoms with E-state index in [-0.39, 0.29) is 23.9 Å². The Hall–Kier alpha value is -1.57. The number of nitrogens with one attached hydrogen (secondary N) is 2. The van der Waals surface area contributed by atoms with E-state index in [0.717, 1.165) is 38.2 Å². The van der Waals surface area contributed by atoms with Crippen molar-refractivity contribution < 1.29 is 4.79 Å². The number of hydrogen-bond donors (Lipinski definition) is 2. The van der Waals surface area contributed by atoms with Gasteiger partial charge in [-0.2, -0.15) is 11.8 Å². The van der Waals surface area contributed by atoms with Gasteiger partial charge in [-0.15, -0.1) is 12.4 Å². The van der Waals surface area contributed by atoms with Gasteiger partial charge in [0.15, 0.2) is 0 Å². The number of carbonyl (C=O) groups is 1. The molecule has 2 aromatic rings. The predicted molar refractivity (Wildman–Crippen MR) is 114 cm³/mol. The molecule has 6 nitrogen and oxygen atoms in total. The topological polar surface area (TPSA) is 78.1 Å². The lowest BCUT2D eigenvalue weighted by Crippen LogP contribution is -2.42. The standard InChI is InChI=1S/C19H26N4O2S.ClH/c1-2-10-23(14-7-9-20-12-14)18(24)8-11-26-13-17-21-16-6-4-3-5-15(16)19(25)22-17;/h3-6,14,20H,2,7-13H2,1H3,(H,21,22,25);1H. The minimum absolute atomic E-state index is 0. The van der Waals surface area contributed by atoms with Crippen molar-refractivity contribution in [3.8, 4) is 0 Å². The summed E-state index contributed by atoms with van der Waals surface area (Å²) in [5.41, 5.74) is 0.607. The van der Waals surface area contributed by atoms with E-state index in [1.54, 1.807) is 17.8 Å². The van der Waals surface area contributed by atoms with E-state index < -0.39 is 0 Å². The van der Waals surface area contributed by atoms with Crippen LogP contribution in [-0.2, 0) is 10.5 Å². The molecule has 1 aromatic heterocycles. The van der Waals surface area contributed by atoms with Gasteiger partial charge in [-0.3, -0.25) is 9.59 Å². The molecule has 0 saturated carbocycles. The third-order valence-corrected chi connectivity index (χ3v) is 5.59. The Morgan fingerprint density at radius 2 is 2.19 bits per heavy atom. The molecule has 3 rings (SSSR count). The van der Waals surface area contributed by atoms with Crippen LogP contribution in [0.15, 0.2) is 29.1 Å². The van der Waals surface area contributed by atoms with Crippen molar-refractivity contribution in [3.63, 3.8) is 0 Å². The quantitative estimate of drug-likeness (QED) is 0.654. The van der Waals surface area contributed by atoms with Crippen LogP contribution < -0.4 is 10.9 Å². The van der Waals surface area contributed by atoms with Gasteiger partial charge in [-0.1, -0.05) is 19.1 Å². The Labute approximate surface area is 169 Å². The van der Waals surface area contributed by atoms with Crippen molar-refractivity contribution in [2.45, 2.75) is 38.0 Å². The third kappa shape index (κ3) is 5.70. The summed E-state index contributed by atoms with van der Waals surface area (Å²) in [5.74, 6) is 2.23. The lowest BCUT2D eigenvalue weighted by molar-refractivity contribution is -0.132. The number of carbonyl (C=O) groups excluding carboxylic acids is 1. The van der Waals surface area contributed by atoms with Gasteiger partial charge in [0, 0.05) is 31.3 Å². The molecule has 1 aliphatic heterocycles. The first kappa shape index (κ1) is 21.7. The highest BCUT2D eigenvalue weighted by atomic mass is 35.5. The molecule has 0 bridgehead atoms. The molecule has 1 aromatic carbocycles. The number of H-pyrrole nitrogens is 1. The molecular formula is C19H27ClN4O2S. The van der Waals surface area contributed by atoms with Gasteiger partial charge in [0.25, 0.3) is 5.56 Å². The van der Waals surface area contributed by atoms with Crippen LogP contribution in [0.3, 0.4) is 0 Å². The monoisotopic (exact) mass is 410 g/mol. The number of rotatable bonds is 8. The van der Waals surface area contributed by atoms with Crippen molar-refractivity contribution in [1.82, 2.24) is 20.2 Å². The number of nitrogens with zero attached hydrogens (tertiary/aromatic N) is 2. The van der Waals surface area contributed by atoms with Crippen LogP contribution in [-0.4, -0.2) is 52.2 Å². The van der Waals surface area contributed by atoms with Gasteiger partial charge in [0.1, 0.15) is 5.82 Å². The largest absolute Gasteiger partial charge is 0.338 e. The zero-order valence-electron chi connectivity index (χ0n) is 15.6. The zero-order chi connectivity index (χ0) is 18.4. The molecule has 8 heteroatoms. The summed E-state index contributed by atoms with van der Waals surface area (Å²) < 4.78 is 0. The van der Waals surface area contributed by atoms with Crippen LogP contribution >= 0.6 is 24.2 Å². The average Bonchev–Trinajstić information content (AvgIpc) is 3.17. The van der Waals surface area contributed by atoms with Crippen LogP contribution in [0, 0.1) is 0 Å². The summed E-state index contributed by atoms with van der Waals surface area (Å²) in [6.07, 6.45) is 2.55. The van der Waals surface area contributed by atoms with E-state index in [2.05, 4.69) is 22.2 Å². The summed E-state index contributed by atoms with van der Waals surface area (Å²) in [4.78, 5) is 34.0. The molecule has 27 heavy (non-hydrogen) atoms. The second-order valence-corrected chi connectivity index (χ2v) is 7.67. The predicted octanol–water partition coefficient (Wildman–Crippen LogP) is 2.57. The van der Waals surface area contributed by atoms with Crippen LogP contribution in [0.2, 0.25) is 0 Å². The number of aromatic amines is 1. The minimum Gasteiger partial charge on any atom is -0.338 e. The Balaban J connectivity index is 0.00000261. The molecule has 148 valence electrons. The second-order valence-electron chi connectivity index (χ2n) is 6.57. The van der Waals surface area contributed by atoms with Crippen LogP contribution in [0.25, 0.3) is 10.9 Å². The summed E-state index contributed by atoms with van der Waals surface area (Å²) in [7, 11) is 0. The highest BCUT2D eigenvalue weighted by Gasteiger charge is 2.25. The van der Waals surface area contributed by atoms with E-state index in [4.69, 9.17) is 0 Å². The molecule has 2 heterocycles. The smallest absolute Gasteiger partial charge is 0.258 e. The number of benzene rings is 1. The first-order valence-electron chi connectivity index (χ1n) is 9.25. The molecule has 1 unspecified atom stereocenters. The van der Waals surface area contributed by atoms with Gasteiger partial charge in [-0.25, -0.2) is 4.98 Å². The highest BCUT2D eigenvalue weighted by molar-refractivity contribution is 7.98. The lowest BCUT2D eigenvalue weighted by atomic mass is 10.2. The molecular weight excluding hydrogens is 384 g/mol. The van der Waals surface area contributed by atoms with E-state index in [9.17, 15) is 9.59 Å². The number of thioether (sulfide) groups is 1. The summed E-state index contributed by atoms with van der Waals surface area (Å²) >= 11 is 1.63. The van der Waals surface area contributed by atoms with Crippen molar-refractivity contribution in [2.75, 3.05) is 25.4 Å². The molecule has 1 saturated heterocycles. The lowest BCUT2D eigenvalue weighted by Gasteiger charge is -2.28. The van der Waals surface area contributed by atoms with Crippen molar-refractivity contribution in [3.05, 3.63) is 40.4 Å². The summed E-state index contributed by atoms with van der Waals surface area (Å²) in [5, 5.41) is 3.94. The number of aromatic nitrogens is 2. The summed E-state index contributed by atoms with van der Waals surface area (Å²) in [6.45, 7) is 4.84. The minimum atomic E-state index is -0.106. The zero-order valence-corrected chi connectivity index (χ0v) is 17.2.